The summed E-state index contributed by atoms with van der Waals surface area (Å²) in [6.07, 6.45) is 6.45. The second-order valence-corrected chi connectivity index (χ2v) is 7.96. The maximum absolute atomic E-state index is 6.07. The lowest BCUT2D eigenvalue weighted by Gasteiger charge is -2.47. The molecule has 1 spiro atoms. The second-order valence-electron chi connectivity index (χ2n) is 7.05. The average Bonchev–Trinajstić information content (AvgIpc) is 3.13. The lowest BCUT2D eigenvalue weighted by molar-refractivity contribution is -0.153. The predicted octanol–water partition coefficient (Wildman–Crippen LogP) is 3.88. The summed E-state index contributed by atoms with van der Waals surface area (Å²) in [6, 6.07) is 6.60. The van der Waals surface area contributed by atoms with Crippen LogP contribution in [0, 0.1) is 18.8 Å². The molecule has 1 aromatic carbocycles. The molecule has 2 N–H and O–H groups in total. The monoisotopic (exact) mass is 315 g/mol. The molecule has 5 heteroatoms. The quantitative estimate of drug-likeness (QED) is 0.837. The molecule has 2 bridgehead atoms. The van der Waals surface area contributed by atoms with Gasteiger partial charge in [-0.3, -0.25) is 4.84 Å². The first-order valence-electron chi connectivity index (χ1n) is 8.23. The highest BCUT2D eigenvalue weighted by Crippen LogP contribution is 2.49. The van der Waals surface area contributed by atoms with Crippen LogP contribution < -0.4 is 16.1 Å². The molecule has 4 fully saturated rings. The summed E-state index contributed by atoms with van der Waals surface area (Å²) in [5, 5.41) is 5.53. The molecule has 0 unspecified atom stereocenters. The van der Waals surface area contributed by atoms with Gasteiger partial charge in [-0.25, -0.2) is 5.12 Å². The SMILES string of the molecule is Cc1csc2cc(N3NO[C@@]4(CC5CCC4CC5)N3)ccc12. The van der Waals surface area contributed by atoms with E-state index in [0.717, 1.165) is 18.0 Å². The maximum Gasteiger partial charge on any atom is 0.163 e. The average molecular weight is 315 g/mol. The molecule has 1 aromatic heterocycles. The number of hydrogen-bond acceptors (Lipinski definition) is 5. The summed E-state index contributed by atoms with van der Waals surface area (Å²) in [7, 11) is 0. The van der Waals surface area contributed by atoms with Gasteiger partial charge in [0.2, 0.25) is 0 Å². The van der Waals surface area contributed by atoms with Crippen molar-refractivity contribution in [3.8, 4) is 0 Å². The van der Waals surface area contributed by atoms with Crippen molar-refractivity contribution in [2.75, 3.05) is 5.12 Å². The van der Waals surface area contributed by atoms with Gasteiger partial charge in [0.15, 0.2) is 5.72 Å². The van der Waals surface area contributed by atoms with Crippen molar-refractivity contribution in [2.24, 2.45) is 11.8 Å². The lowest BCUT2D eigenvalue weighted by atomic mass is 9.66. The van der Waals surface area contributed by atoms with Gasteiger partial charge in [-0.15, -0.1) is 11.3 Å². The number of fused-ring (bicyclic) bond motifs is 3. The van der Waals surface area contributed by atoms with Crippen LogP contribution in [0.3, 0.4) is 0 Å². The van der Waals surface area contributed by atoms with Crippen LogP contribution in [0.25, 0.3) is 10.1 Å². The number of hydrogen-bond donors (Lipinski definition) is 2. The van der Waals surface area contributed by atoms with E-state index in [2.05, 4.69) is 41.5 Å². The highest BCUT2D eigenvalue weighted by Gasteiger charge is 2.53. The van der Waals surface area contributed by atoms with Crippen LogP contribution in [0.4, 0.5) is 5.69 Å². The summed E-state index contributed by atoms with van der Waals surface area (Å²) < 4.78 is 1.32. The van der Waals surface area contributed by atoms with Crippen molar-refractivity contribution in [3.63, 3.8) is 0 Å². The molecular formula is C17H21N3OS. The fraction of sp³-hybridized carbons (Fsp3) is 0.529. The molecule has 1 saturated heterocycles. The van der Waals surface area contributed by atoms with Crippen molar-refractivity contribution < 1.29 is 4.84 Å². The van der Waals surface area contributed by atoms with Gasteiger partial charge in [0, 0.05) is 10.6 Å². The molecule has 2 heterocycles. The van der Waals surface area contributed by atoms with Crippen LogP contribution >= 0.6 is 11.3 Å². The van der Waals surface area contributed by atoms with Gasteiger partial charge in [-0.1, -0.05) is 11.7 Å². The Labute approximate surface area is 134 Å². The molecule has 0 radical (unpaired) electrons. The number of benzene rings is 1. The molecule has 3 saturated carbocycles. The molecule has 0 amide bonds. The Morgan fingerprint density at radius 3 is 2.91 bits per heavy atom. The Balaban J connectivity index is 1.44. The second kappa shape index (κ2) is 4.68. The lowest BCUT2D eigenvalue weighted by Crippen LogP contribution is -2.57. The van der Waals surface area contributed by atoms with E-state index in [1.165, 1.54) is 41.3 Å². The van der Waals surface area contributed by atoms with Gasteiger partial charge >= 0.3 is 0 Å². The maximum atomic E-state index is 6.07. The number of nitrogens with zero attached hydrogens (tertiary/aromatic N) is 1. The highest BCUT2D eigenvalue weighted by atomic mass is 32.1. The van der Waals surface area contributed by atoms with E-state index in [0.29, 0.717) is 5.92 Å². The minimum Gasteiger partial charge on any atom is -0.257 e. The first-order chi connectivity index (χ1) is 10.7. The minimum absolute atomic E-state index is 0.193. The molecule has 1 atom stereocenters. The summed E-state index contributed by atoms with van der Waals surface area (Å²) in [5.74, 6) is 1.45. The van der Waals surface area contributed by atoms with Gasteiger partial charge in [0.1, 0.15) is 0 Å². The first kappa shape index (κ1) is 13.3. The first-order valence-corrected chi connectivity index (χ1v) is 9.11. The molecule has 22 heavy (non-hydrogen) atoms. The van der Waals surface area contributed by atoms with E-state index < -0.39 is 0 Å². The van der Waals surface area contributed by atoms with Crippen molar-refractivity contribution >= 4 is 27.1 Å². The zero-order valence-electron chi connectivity index (χ0n) is 12.8. The van der Waals surface area contributed by atoms with Crippen LogP contribution in [0.5, 0.6) is 0 Å². The fourth-order valence-corrected chi connectivity index (χ4v) is 5.43. The third kappa shape index (κ3) is 1.86. The Hall–Kier alpha value is -1.14. The van der Waals surface area contributed by atoms with Crippen LogP contribution in [0.2, 0.25) is 0 Å². The highest BCUT2D eigenvalue weighted by molar-refractivity contribution is 7.17. The fourth-order valence-electron chi connectivity index (χ4n) is 4.46. The summed E-state index contributed by atoms with van der Waals surface area (Å²) in [5.41, 5.74) is 9.03. The molecule has 4 nitrogen and oxygen atoms in total. The largest absolute Gasteiger partial charge is 0.257 e. The van der Waals surface area contributed by atoms with Crippen LogP contribution in [-0.4, -0.2) is 5.72 Å². The molecule has 1 aliphatic heterocycles. The molecule has 2 aromatic rings. The van der Waals surface area contributed by atoms with Gasteiger partial charge < -0.3 is 0 Å². The van der Waals surface area contributed by atoms with Crippen LogP contribution in [0.15, 0.2) is 23.6 Å². The van der Waals surface area contributed by atoms with Gasteiger partial charge in [-0.05, 0) is 73.4 Å². The topological polar surface area (TPSA) is 36.5 Å². The Morgan fingerprint density at radius 2 is 2.14 bits per heavy atom. The van der Waals surface area contributed by atoms with Crippen LogP contribution in [0.1, 0.15) is 37.7 Å². The Kier molecular flexibility index (Phi) is 2.83. The van der Waals surface area contributed by atoms with Crippen molar-refractivity contribution in [1.29, 1.82) is 0 Å². The molecular weight excluding hydrogens is 294 g/mol. The predicted molar refractivity (Wildman–Crippen MR) is 89.2 cm³/mol. The van der Waals surface area contributed by atoms with E-state index in [1.54, 1.807) is 11.3 Å². The van der Waals surface area contributed by atoms with Gasteiger partial charge in [0.05, 0.1) is 5.69 Å². The molecule has 6 rings (SSSR count). The van der Waals surface area contributed by atoms with E-state index in [1.807, 2.05) is 5.12 Å². The molecule has 3 aliphatic carbocycles. The normalized spacial score (nSPS) is 34.1. The molecule has 116 valence electrons. The summed E-state index contributed by atoms with van der Waals surface area (Å²) in [4.78, 5) is 6.07. The Bertz CT molecular complexity index is 722. The minimum atomic E-state index is -0.193. The number of nitrogens with one attached hydrogen (secondary N) is 2. The zero-order chi connectivity index (χ0) is 14.7. The van der Waals surface area contributed by atoms with Crippen LogP contribution in [-0.2, 0) is 4.84 Å². The number of aryl methyl sites for hydroxylation is 1. The standard InChI is InChI=1S/C17H21N3OS/c1-11-10-22-16-8-14(6-7-15(11)16)20-18-17(21-19-20)9-12-2-4-13(17)5-3-12/h6-8,10,12-13,18-19H,2-5,9H2,1H3/t12?,13?,17-/m1/s1. The van der Waals surface area contributed by atoms with E-state index >= 15 is 0 Å². The summed E-state index contributed by atoms with van der Waals surface area (Å²) in [6.45, 7) is 2.17. The van der Waals surface area contributed by atoms with Gasteiger partial charge in [-0.2, -0.15) is 5.43 Å². The summed E-state index contributed by atoms with van der Waals surface area (Å²) >= 11 is 1.80. The number of anilines is 1. The third-order valence-corrected chi connectivity index (χ3v) is 6.79. The smallest absolute Gasteiger partial charge is 0.163 e. The van der Waals surface area contributed by atoms with Crippen molar-refractivity contribution in [2.45, 2.75) is 44.8 Å². The number of thiophene rings is 1. The Morgan fingerprint density at radius 1 is 1.27 bits per heavy atom. The van der Waals surface area contributed by atoms with E-state index in [9.17, 15) is 0 Å². The number of rotatable bonds is 1. The third-order valence-electron chi connectivity index (χ3n) is 5.73. The van der Waals surface area contributed by atoms with Crippen molar-refractivity contribution in [1.82, 2.24) is 11.0 Å². The van der Waals surface area contributed by atoms with E-state index in [4.69, 9.17) is 4.84 Å². The zero-order valence-corrected chi connectivity index (χ0v) is 13.6. The van der Waals surface area contributed by atoms with E-state index in [-0.39, 0.29) is 5.72 Å². The molecule has 4 aliphatic rings. The van der Waals surface area contributed by atoms with Crippen molar-refractivity contribution in [3.05, 3.63) is 29.1 Å². The number of hydrazine groups is 2. The van der Waals surface area contributed by atoms with Gasteiger partial charge in [0.25, 0.3) is 0 Å².